The summed E-state index contributed by atoms with van der Waals surface area (Å²) in [6.07, 6.45) is 1.55. The Labute approximate surface area is 93.8 Å². The minimum Gasteiger partial charge on any atom is -0.325 e. The Morgan fingerprint density at radius 3 is 2.62 bits per heavy atom. The fourth-order valence-electron chi connectivity index (χ4n) is 1.59. The van der Waals surface area contributed by atoms with Crippen molar-refractivity contribution in [3.63, 3.8) is 0 Å². The lowest BCUT2D eigenvalue weighted by Crippen LogP contribution is -2.08. The van der Waals surface area contributed by atoms with Gasteiger partial charge in [0.05, 0.1) is 0 Å². The van der Waals surface area contributed by atoms with Crippen LogP contribution in [0.2, 0.25) is 0 Å². The molecule has 0 atom stereocenters. The predicted molar refractivity (Wildman–Crippen MR) is 57.0 cm³/mol. The summed E-state index contributed by atoms with van der Waals surface area (Å²) in [5.74, 6) is 0. The van der Waals surface area contributed by atoms with Gasteiger partial charge in [0.1, 0.15) is 11.4 Å². The number of rotatable bonds is 7. The van der Waals surface area contributed by atoms with Crippen LogP contribution >= 0.6 is 0 Å². The van der Waals surface area contributed by atoms with Gasteiger partial charge in [-0.15, -0.1) is 5.10 Å². The highest BCUT2D eigenvalue weighted by Crippen LogP contribution is 2.21. The smallest absolute Gasteiger partial charge is 0.281 e. The molecular formula is C10H18F2N4. The van der Waals surface area contributed by atoms with Crippen molar-refractivity contribution in [2.75, 3.05) is 0 Å². The van der Waals surface area contributed by atoms with Crippen LogP contribution in [0.1, 0.15) is 50.4 Å². The van der Waals surface area contributed by atoms with Crippen molar-refractivity contribution in [3.8, 4) is 0 Å². The van der Waals surface area contributed by atoms with Gasteiger partial charge in [-0.2, -0.15) is 0 Å². The maximum absolute atomic E-state index is 12.7. The van der Waals surface area contributed by atoms with E-state index in [-0.39, 0.29) is 17.9 Å². The second-order valence-electron chi connectivity index (χ2n) is 3.71. The predicted octanol–water partition coefficient (Wildman–Crippen LogP) is 2.25. The lowest BCUT2D eigenvalue weighted by Gasteiger charge is -2.06. The first kappa shape index (κ1) is 13.0. The molecular weight excluding hydrogens is 214 g/mol. The highest BCUT2D eigenvalue weighted by Gasteiger charge is 2.20. The Balaban J connectivity index is 2.61. The quantitative estimate of drug-likeness (QED) is 0.733. The van der Waals surface area contributed by atoms with Crippen LogP contribution in [-0.2, 0) is 13.1 Å². The second-order valence-corrected chi connectivity index (χ2v) is 3.71. The Bertz CT molecular complexity index is 312. The number of aryl methyl sites for hydroxylation is 1. The molecule has 0 amide bonds. The zero-order valence-electron chi connectivity index (χ0n) is 9.49. The van der Waals surface area contributed by atoms with Crippen molar-refractivity contribution >= 4 is 0 Å². The summed E-state index contributed by atoms with van der Waals surface area (Å²) in [4.78, 5) is 0. The number of unbranched alkanes of at least 4 members (excludes halogenated alkanes) is 3. The molecule has 0 aliphatic heterocycles. The summed E-state index contributed by atoms with van der Waals surface area (Å²) in [6.45, 7) is 2.61. The molecule has 6 heteroatoms. The molecule has 0 radical (unpaired) electrons. The van der Waals surface area contributed by atoms with Crippen LogP contribution in [0.3, 0.4) is 0 Å². The third kappa shape index (κ3) is 3.23. The van der Waals surface area contributed by atoms with Crippen LogP contribution < -0.4 is 5.73 Å². The number of alkyl halides is 2. The minimum absolute atomic E-state index is 0.00856. The third-order valence-electron chi connectivity index (χ3n) is 2.47. The van der Waals surface area contributed by atoms with E-state index < -0.39 is 6.43 Å². The molecule has 1 aromatic heterocycles. The zero-order chi connectivity index (χ0) is 12.0. The maximum atomic E-state index is 12.7. The summed E-state index contributed by atoms with van der Waals surface area (Å²) in [7, 11) is 0. The second kappa shape index (κ2) is 6.52. The van der Waals surface area contributed by atoms with E-state index in [0.717, 1.165) is 25.7 Å². The van der Waals surface area contributed by atoms with E-state index in [1.165, 1.54) is 4.68 Å². The number of nitrogens with zero attached hydrogens (tertiary/aromatic N) is 3. The van der Waals surface area contributed by atoms with E-state index in [1.807, 2.05) is 0 Å². The Morgan fingerprint density at radius 1 is 1.31 bits per heavy atom. The average molecular weight is 232 g/mol. The van der Waals surface area contributed by atoms with E-state index >= 15 is 0 Å². The summed E-state index contributed by atoms with van der Waals surface area (Å²) in [5.41, 5.74) is 5.40. The molecule has 0 spiro atoms. The van der Waals surface area contributed by atoms with E-state index in [9.17, 15) is 8.78 Å². The number of hydrogen-bond donors (Lipinski definition) is 1. The van der Waals surface area contributed by atoms with Crippen molar-refractivity contribution in [2.24, 2.45) is 5.73 Å². The molecule has 92 valence electrons. The molecule has 0 saturated heterocycles. The molecule has 0 saturated carbocycles. The Morgan fingerprint density at radius 2 is 2.06 bits per heavy atom. The van der Waals surface area contributed by atoms with Crippen molar-refractivity contribution in [3.05, 3.63) is 11.4 Å². The van der Waals surface area contributed by atoms with Gasteiger partial charge in [-0.3, -0.25) is 0 Å². The van der Waals surface area contributed by atoms with Crippen molar-refractivity contribution in [1.29, 1.82) is 0 Å². The highest BCUT2D eigenvalue weighted by molar-refractivity contribution is 5.11. The summed E-state index contributed by atoms with van der Waals surface area (Å²) >= 11 is 0. The van der Waals surface area contributed by atoms with Gasteiger partial charge >= 0.3 is 0 Å². The Kier molecular flexibility index (Phi) is 5.31. The summed E-state index contributed by atoms with van der Waals surface area (Å²) in [6, 6.07) is 0. The van der Waals surface area contributed by atoms with E-state index in [0.29, 0.717) is 6.54 Å². The molecule has 1 rings (SSSR count). The normalized spacial score (nSPS) is 11.3. The van der Waals surface area contributed by atoms with Crippen LogP contribution in [-0.4, -0.2) is 15.0 Å². The van der Waals surface area contributed by atoms with Gasteiger partial charge in [0.15, 0.2) is 0 Å². The molecule has 1 aromatic rings. The highest BCUT2D eigenvalue weighted by atomic mass is 19.3. The van der Waals surface area contributed by atoms with Crippen LogP contribution in [0, 0.1) is 0 Å². The minimum atomic E-state index is -2.56. The van der Waals surface area contributed by atoms with E-state index in [2.05, 4.69) is 17.2 Å². The van der Waals surface area contributed by atoms with Crippen molar-refractivity contribution in [1.82, 2.24) is 15.0 Å². The third-order valence-corrected chi connectivity index (χ3v) is 2.47. The molecule has 0 aliphatic rings. The van der Waals surface area contributed by atoms with Gasteiger partial charge < -0.3 is 5.73 Å². The summed E-state index contributed by atoms with van der Waals surface area (Å²) < 4.78 is 26.7. The number of aromatic nitrogens is 3. The summed E-state index contributed by atoms with van der Waals surface area (Å²) in [5, 5.41) is 7.38. The van der Waals surface area contributed by atoms with E-state index in [4.69, 9.17) is 5.73 Å². The molecule has 1 heterocycles. The molecule has 4 nitrogen and oxygen atoms in total. The van der Waals surface area contributed by atoms with Crippen molar-refractivity contribution < 1.29 is 8.78 Å². The lowest BCUT2D eigenvalue weighted by atomic mass is 10.2. The largest absolute Gasteiger partial charge is 0.325 e. The van der Waals surface area contributed by atoms with Crippen LogP contribution in [0.15, 0.2) is 0 Å². The topological polar surface area (TPSA) is 56.7 Å². The monoisotopic (exact) mass is 232 g/mol. The molecule has 0 unspecified atom stereocenters. The first-order valence-electron chi connectivity index (χ1n) is 5.61. The van der Waals surface area contributed by atoms with Gasteiger partial charge in [-0.25, -0.2) is 13.5 Å². The first-order chi connectivity index (χ1) is 7.70. The standard InChI is InChI=1S/C10H18F2N4/c1-2-3-4-5-6-16-9(10(11)12)8(7-13)14-15-16/h10H,2-7,13H2,1H3. The fraction of sp³-hybridized carbons (Fsp3) is 0.800. The molecule has 0 bridgehead atoms. The number of hydrogen-bond acceptors (Lipinski definition) is 3. The fourth-order valence-corrected chi connectivity index (χ4v) is 1.59. The molecule has 0 aromatic carbocycles. The van der Waals surface area contributed by atoms with Gasteiger partial charge in [-0.05, 0) is 6.42 Å². The molecule has 0 aliphatic carbocycles. The maximum Gasteiger partial charge on any atom is 0.281 e. The van der Waals surface area contributed by atoms with Crippen LogP contribution in [0.25, 0.3) is 0 Å². The SMILES string of the molecule is CCCCCCn1nnc(CN)c1C(F)F. The van der Waals surface area contributed by atoms with E-state index in [1.54, 1.807) is 0 Å². The van der Waals surface area contributed by atoms with Gasteiger partial charge in [-0.1, -0.05) is 31.4 Å². The molecule has 2 N–H and O–H groups in total. The Hall–Kier alpha value is -1.04. The molecule has 16 heavy (non-hydrogen) atoms. The van der Waals surface area contributed by atoms with Crippen LogP contribution in [0.4, 0.5) is 8.78 Å². The van der Waals surface area contributed by atoms with Crippen LogP contribution in [0.5, 0.6) is 0 Å². The lowest BCUT2D eigenvalue weighted by molar-refractivity contribution is 0.137. The first-order valence-corrected chi connectivity index (χ1v) is 5.61. The molecule has 0 fully saturated rings. The van der Waals surface area contributed by atoms with Gasteiger partial charge in [0.25, 0.3) is 6.43 Å². The zero-order valence-corrected chi connectivity index (χ0v) is 9.49. The van der Waals surface area contributed by atoms with Gasteiger partial charge in [0.2, 0.25) is 0 Å². The average Bonchev–Trinajstić information content (AvgIpc) is 2.67. The number of nitrogens with two attached hydrogens (primary N) is 1. The van der Waals surface area contributed by atoms with Gasteiger partial charge in [0, 0.05) is 13.1 Å². The number of halogens is 2. The van der Waals surface area contributed by atoms with Crippen molar-refractivity contribution in [2.45, 2.75) is 52.1 Å².